The maximum atomic E-state index is 6.16. The molecule has 3 nitrogen and oxygen atoms in total. The highest BCUT2D eigenvalue weighted by Crippen LogP contribution is 2.40. The number of rotatable bonds is 1. The van der Waals surface area contributed by atoms with Crippen molar-refractivity contribution in [2.24, 2.45) is 11.3 Å². The summed E-state index contributed by atoms with van der Waals surface area (Å²) in [7, 11) is 0. The monoisotopic (exact) mass is 327 g/mol. The molecule has 2 rings (SSSR count). The van der Waals surface area contributed by atoms with Crippen LogP contribution in [0.2, 0.25) is 0 Å². The summed E-state index contributed by atoms with van der Waals surface area (Å²) >= 11 is 3.52. The van der Waals surface area contributed by atoms with Gasteiger partial charge in [0, 0.05) is 0 Å². The van der Waals surface area contributed by atoms with Gasteiger partial charge >= 0.3 is 0 Å². The number of anilines is 1. The van der Waals surface area contributed by atoms with Gasteiger partial charge < -0.3 is 5.73 Å². The third-order valence-electron chi connectivity index (χ3n) is 4.56. The van der Waals surface area contributed by atoms with Crippen LogP contribution in [0.15, 0.2) is 4.47 Å². The number of halogens is 1. The molecule has 1 aromatic heterocycles. The lowest BCUT2D eigenvalue weighted by Gasteiger charge is -2.29. The summed E-state index contributed by atoms with van der Waals surface area (Å²) in [6.07, 6.45) is 6.29. The van der Waals surface area contributed by atoms with Gasteiger partial charge in [-0.3, -0.25) is 0 Å². The van der Waals surface area contributed by atoms with Crippen LogP contribution in [-0.2, 0) is 0 Å². The van der Waals surface area contributed by atoms with Crippen molar-refractivity contribution in [1.29, 1.82) is 0 Å². The van der Waals surface area contributed by atoms with Crippen LogP contribution in [0.4, 0.5) is 5.82 Å². The SMILES string of the molecule is Cc1nn(C2CCCC(C(C)(C)C)CC2)c(N)c1Br. The molecule has 0 amide bonds. The molecular weight excluding hydrogens is 302 g/mol. The Labute approximate surface area is 125 Å². The lowest BCUT2D eigenvalue weighted by molar-refractivity contribution is 0.212. The average molecular weight is 328 g/mol. The first-order valence-electron chi connectivity index (χ1n) is 7.30. The van der Waals surface area contributed by atoms with Gasteiger partial charge in [0.2, 0.25) is 0 Å². The number of hydrogen-bond donors (Lipinski definition) is 1. The topological polar surface area (TPSA) is 43.8 Å². The summed E-state index contributed by atoms with van der Waals surface area (Å²) in [5.74, 6) is 1.61. The lowest BCUT2D eigenvalue weighted by atomic mass is 9.76. The van der Waals surface area contributed by atoms with Gasteiger partial charge in [-0.15, -0.1) is 0 Å². The Bertz CT molecular complexity index is 445. The minimum Gasteiger partial charge on any atom is -0.383 e. The molecular formula is C15H26BrN3. The second kappa shape index (κ2) is 5.47. The largest absolute Gasteiger partial charge is 0.383 e. The van der Waals surface area contributed by atoms with E-state index in [9.17, 15) is 0 Å². The fraction of sp³-hybridized carbons (Fsp3) is 0.800. The first-order chi connectivity index (χ1) is 8.80. The van der Waals surface area contributed by atoms with Crippen LogP contribution in [0.3, 0.4) is 0 Å². The molecule has 0 saturated heterocycles. The Balaban J connectivity index is 2.13. The minimum atomic E-state index is 0.418. The number of nitrogen functional groups attached to an aromatic ring is 1. The average Bonchev–Trinajstić information content (AvgIpc) is 2.57. The fourth-order valence-corrected chi connectivity index (χ4v) is 3.48. The van der Waals surface area contributed by atoms with E-state index in [4.69, 9.17) is 5.73 Å². The van der Waals surface area contributed by atoms with E-state index in [0.29, 0.717) is 11.5 Å². The number of aromatic nitrogens is 2. The third kappa shape index (κ3) is 3.15. The molecule has 0 aliphatic heterocycles. The van der Waals surface area contributed by atoms with Gasteiger partial charge in [-0.1, -0.05) is 27.2 Å². The van der Waals surface area contributed by atoms with Crippen molar-refractivity contribution in [3.05, 3.63) is 10.2 Å². The molecule has 1 aliphatic carbocycles. The van der Waals surface area contributed by atoms with Gasteiger partial charge in [0.05, 0.1) is 16.2 Å². The molecule has 2 N–H and O–H groups in total. The van der Waals surface area contributed by atoms with Gasteiger partial charge in [-0.25, -0.2) is 4.68 Å². The quantitative estimate of drug-likeness (QED) is 0.759. The van der Waals surface area contributed by atoms with Gasteiger partial charge in [0.25, 0.3) is 0 Å². The van der Waals surface area contributed by atoms with Crippen molar-refractivity contribution in [3.63, 3.8) is 0 Å². The predicted octanol–water partition coefficient (Wildman–Crippen LogP) is 4.70. The van der Waals surface area contributed by atoms with Crippen molar-refractivity contribution in [2.75, 3.05) is 5.73 Å². The van der Waals surface area contributed by atoms with Gasteiger partial charge in [0.1, 0.15) is 5.82 Å². The summed E-state index contributed by atoms with van der Waals surface area (Å²) in [6, 6.07) is 0.470. The smallest absolute Gasteiger partial charge is 0.136 e. The second-order valence-electron chi connectivity index (χ2n) is 6.95. The molecule has 108 valence electrons. The number of aryl methyl sites for hydroxylation is 1. The van der Waals surface area contributed by atoms with Crippen LogP contribution >= 0.6 is 15.9 Å². The van der Waals surface area contributed by atoms with Gasteiger partial charge in [-0.2, -0.15) is 5.10 Å². The van der Waals surface area contributed by atoms with Crippen molar-refractivity contribution in [1.82, 2.24) is 9.78 Å². The van der Waals surface area contributed by atoms with E-state index in [-0.39, 0.29) is 0 Å². The highest BCUT2D eigenvalue weighted by atomic mass is 79.9. The van der Waals surface area contributed by atoms with Gasteiger partial charge in [0.15, 0.2) is 0 Å². The van der Waals surface area contributed by atoms with E-state index in [1.165, 1.54) is 32.1 Å². The van der Waals surface area contributed by atoms with Crippen LogP contribution in [0.25, 0.3) is 0 Å². The summed E-state index contributed by atoms with van der Waals surface area (Å²) in [6.45, 7) is 9.09. The standard InChI is InChI=1S/C15H26BrN3/c1-10-13(16)14(17)19(18-10)12-7-5-6-11(8-9-12)15(2,3)4/h11-12H,5-9,17H2,1-4H3. The highest BCUT2D eigenvalue weighted by molar-refractivity contribution is 9.10. The molecule has 1 aliphatic rings. The van der Waals surface area contributed by atoms with E-state index in [1.807, 2.05) is 11.6 Å². The molecule has 0 aromatic carbocycles. The van der Waals surface area contributed by atoms with Crippen molar-refractivity contribution < 1.29 is 0 Å². The first kappa shape index (κ1) is 14.9. The molecule has 0 bridgehead atoms. The third-order valence-corrected chi connectivity index (χ3v) is 5.54. The molecule has 0 radical (unpaired) electrons. The van der Waals surface area contributed by atoms with Crippen molar-refractivity contribution >= 4 is 21.7 Å². The molecule has 1 fully saturated rings. The summed E-state index contributed by atoms with van der Waals surface area (Å²) in [5.41, 5.74) is 7.57. The molecule has 0 spiro atoms. The van der Waals surface area contributed by atoms with Crippen LogP contribution < -0.4 is 5.73 Å². The Morgan fingerprint density at radius 2 is 1.89 bits per heavy atom. The zero-order valence-electron chi connectivity index (χ0n) is 12.5. The number of hydrogen-bond acceptors (Lipinski definition) is 2. The first-order valence-corrected chi connectivity index (χ1v) is 8.10. The van der Waals surface area contributed by atoms with E-state index < -0.39 is 0 Å². The van der Waals surface area contributed by atoms with Crippen molar-refractivity contribution in [2.45, 2.75) is 65.8 Å². The molecule has 19 heavy (non-hydrogen) atoms. The molecule has 2 unspecified atom stereocenters. The molecule has 1 aromatic rings. The molecule has 1 saturated carbocycles. The van der Waals surface area contributed by atoms with E-state index in [1.54, 1.807) is 0 Å². The molecule has 1 heterocycles. The van der Waals surface area contributed by atoms with Gasteiger partial charge in [-0.05, 0) is 59.9 Å². The lowest BCUT2D eigenvalue weighted by Crippen LogP contribution is -2.20. The van der Waals surface area contributed by atoms with E-state index in [2.05, 4.69) is 41.8 Å². The maximum Gasteiger partial charge on any atom is 0.136 e. The van der Waals surface area contributed by atoms with Crippen LogP contribution in [-0.4, -0.2) is 9.78 Å². The molecule has 4 heteroatoms. The summed E-state index contributed by atoms with van der Waals surface area (Å²) in [4.78, 5) is 0. The predicted molar refractivity (Wildman–Crippen MR) is 84.1 cm³/mol. The summed E-state index contributed by atoms with van der Waals surface area (Å²) < 4.78 is 3.01. The van der Waals surface area contributed by atoms with Crippen molar-refractivity contribution in [3.8, 4) is 0 Å². The maximum absolute atomic E-state index is 6.16. The Hall–Kier alpha value is -0.510. The van der Waals surface area contributed by atoms with Crippen LogP contribution in [0.1, 0.15) is 64.6 Å². The fourth-order valence-electron chi connectivity index (χ4n) is 3.22. The molecule has 2 atom stereocenters. The van der Waals surface area contributed by atoms with Crippen LogP contribution in [0.5, 0.6) is 0 Å². The zero-order chi connectivity index (χ0) is 14.2. The minimum absolute atomic E-state index is 0.418. The van der Waals surface area contributed by atoms with E-state index >= 15 is 0 Å². The Kier molecular flexibility index (Phi) is 4.29. The Morgan fingerprint density at radius 1 is 1.21 bits per heavy atom. The number of nitrogens with two attached hydrogens (primary N) is 1. The normalized spacial score (nSPS) is 25.3. The number of nitrogens with zero attached hydrogens (tertiary/aromatic N) is 2. The summed E-state index contributed by atoms with van der Waals surface area (Å²) in [5, 5.41) is 4.61. The second-order valence-corrected chi connectivity index (χ2v) is 7.75. The van der Waals surface area contributed by atoms with Crippen LogP contribution in [0, 0.1) is 18.3 Å². The van der Waals surface area contributed by atoms with E-state index in [0.717, 1.165) is 21.9 Å². The Morgan fingerprint density at radius 3 is 2.42 bits per heavy atom. The highest BCUT2D eigenvalue weighted by Gasteiger charge is 2.29. The zero-order valence-corrected chi connectivity index (χ0v) is 14.1.